The van der Waals surface area contributed by atoms with Crippen LogP contribution in [0.5, 0.6) is 0 Å². The zero-order chi connectivity index (χ0) is 22.4. The quantitative estimate of drug-likeness (QED) is 0.468. The number of halogens is 1. The predicted octanol–water partition coefficient (Wildman–Crippen LogP) is 3.22. The lowest BCUT2D eigenvalue weighted by Gasteiger charge is -2.12. The van der Waals surface area contributed by atoms with E-state index in [4.69, 9.17) is 16.3 Å². The average Bonchev–Trinajstić information content (AvgIpc) is 3.07. The van der Waals surface area contributed by atoms with E-state index >= 15 is 0 Å². The largest absolute Gasteiger partial charge is 0.478 e. The molecule has 8 nitrogen and oxygen atoms in total. The first-order valence-corrected chi connectivity index (χ1v) is 9.88. The summed E-state index contributed by atoms with van der Waals surface area (Å²) in [5, 5.41) is 21.9. The minimum Gasteiger partial charge on any atom is -0.478 e. The number of aromatic nitrogens is 2. The molecule has 2 aromatic carbocycles. The molecule has 3 aromatic rings. The zero-order valence-corrected chi connectivity index (χ0v) is 17.6. The van der Waals surface area contributed by atoms with Gasteiger partial charge in [0, 0.05) is 25.8 Å². The second-order valence-corrected chi connectivity index (χ2v) is 7.11. The van der Waals surface area contributed by atoms with Gasteiger partial charge in [0.25, 0.3) is 5.91 Å². The fraction of sp³-hybridized carbons (Fsp3) is 0.227. The van der Waals surface area contributed by atoms with Crippen molar-refractivity contribution in [3.8, 4) is 0 Å². The highest BCUT2D eigenvalue weighted by molar-refractivity contribution is 6.30. The van der Waals surface area contributed by atoms with Crippen LogP contribution in [-0.4, -0.2) is 45.4 Å². The third-order valence-corrected chi connectivity index (χ3v) is 5.04. The number of methoxy groups -OCH3 is 1. The van der Waals surface area contributed by atoms with Crippen molar-refractivity contribution in [1.29, 1.82) is 0 Å². The lowest BCUT2D eigenvalue weighted by molar-refractivity contribution is 0.0692. The van der Waals surface area contributed by atoms with Crippen LogP contribution in [0.2, 0.25) is 5.15 Å². The minimum atomic E-state index is -1.16. The number of carbonyl (C=O) groups excluding carboxylic acids is 1. The normalized spacial score (nSPS) is 10.8. The predicted molar refractivity (Wildman–Crippen MR) is 116 cm³/mol. The van der Waals surface area contributed by atoms with Crippen molar-refractivity contribution in [2.45, 2.75) is 19.6 Å². The molecule has 0 spiro atoms. The number of aromatic carboxylic acids is 1. The summed E-state index contributed by atoms with van der Waals surface area (Å²) in [7, 11) is 1.60. The molecule has 0 unspecified atom stereocenters. The molecule has 3 N–H and O–H groups in total. The first-order chi connectivity index (χ1) is 14.9. The molecular weight excluding hydrogens is 422 g/mol. The van der Waals surface area contributed by atoms with Crippen LogP contribution < -0.4 is 5.32 Å². The molecule has 0 bridgehead atoms. The summed E-state index contributed by atoms with van der Waals surface area (Å²) in [5.41, 5.74) is 1.98. The topological polar surface area (TPSA) is 114 Å². The van der Waals surface area contributed by atoms with Crippen molar-refractivity contribution in [2.75, 3.05) is 19.0 Å². The molecule has 0 saturated heterocycles. The van der Waals surface area contributed by atoms with E-state index < -0.39 is 11.9 Å². The zero-order valence-electron chi connectivity index (χ0n) is 16.8. The first-order valence-electron chi connectivity index (χ1n) is 9.50. The number of benzene rings is 2. The van der Waals surface area contributed by atoms with Gasteiger partial charge in [0.1, 0.15) is 5.82 Å². The highest BCUT2D eigenvalue weighted by Gasteiger charge is 2.17. The summed E-state index contributed by atoms with van der Waals surface area (Å²) in [4.78, 5) is 28.1. The molecule has 0 aliphatic rings. The van der Waals surface area contributed by atoms with Crippen LogP contribution in [-0.2, 0) is 24.3 Å². The molecule has 0 radical (unpaired) electrons. The standard InChI is InChI=1S/C22H22ClN3O5/c1-31-11-10-19-25-20(23)18(13-27)26(19)12-14-6-8-15(9-7-14)24-21(28)16-4-2-3-5-17(16)22(29)30/h2-9,27H,10-13H2,1H3,(H,24,28)(H,29,30). The fourth-order valence-corrected chi connectivity index (χ4v) is 3.43. The Bertz CT molecular complexity index is 1080. The van der Waals surface area contributed by atoms with Crippen molar-refractivity contribution in [3.05, 3.63) is 81.9 Å². The number of nitrogens with zero attached hydrogens (tertiary/aromatic N) is 2. The van der Waals surface area contributed by atoms with E-state index in [0.29, 0.717) is 36.8 Å². The van der Waals surface area contributed by atoms with Gasteiger partial charge in [0.2, 0.25) is 0 Å². The van der Waals surface area contributed by atoms with Crippen LogP contribution in [0.4, 0.5) is 5.69 Å². The van der Waals surface area contributed by atoms with Crippen LogP contribution in [0.1, 0.15) is 37.8 Å². The van der Waals surface area contributed by atoms with Gasteiger partial charge in [-0.1, -0.05) is 35.9 Å². The van der Waals surface area contributed by atoms with Crippen LogP contribution in [0.15, 0.2) is 48.5 Å². The van der Waals surface area contributed by atoms with Crippen molar-refractivity contribution in [2.24, 2.45) is 0 Å². The van der Waals surface area contributed by atoms with Crippen LogP contribution in [0.25, 0.3) is 0 Å². The molecule has 3 rings (SSSR count). The Morgan fingerprint density at radius 2 is 1.81 bits per heavy atom. The third kappa shape index (κ3) is 5.29. The smallest absolute Gasteiger partial charge is 0.336 e. The molecule has 0 saturated carbocycles. The molecule has 0 atom stereocenters. The van der Waals surface area contributed by atoms with E-state index in [-0.39, 0.29) is 22.9 Å². The lowest BCUT2D eigenvalue weighted by Crippen LogP contribution is -2.16. The molecule has 0 aliphatic heterocycles. The van der Waals surface area contributed by atoms with Gasteiger partial charge in [-0.3, -0.25) is 4.79 Å². The number of amides is 1. The van der Waals surface area contributed by atoms with Crippen LogP contribution in [0.3, 0.4) is 0 Å². The van der Waals surface area contributed by atoms with E-state index in [9.17, 15) is 19.8 Å². The highest BCUT2D eigenvalue weighted by Crippen LogP contribution is 2.21. The molecule has 31 heavy (non-hydrogen) atoms. The van der Waals surface area contributed by atoms with Gasteiger partial charge < -0.3 is 24.8 Å². The number of aliphatic hydroxyl groups is 1. The molecule has 0 fully saturated rings. The van der Waals surface area contributed by atoms with Crippen molar-refractivity contribution >= 4 is 29.2 Å². The third-order valence-electron chi connectivity index (χ3n) is 4.74. The van der Waals surface area contributed by atoms with E-state index in [1.807, 2.05) is 16.7 Å². The molecule has 0 aliphatic carbocycles. The Hall–Kier alpha value is -3.20. The van der Waals surface area contributed by atoms with E-state index in [2.05, 4.69) is 10.3 Å². The summed E-state index contributed by atoms with van der Waals surface area (Å²) in [6.45, 7) is 0.668. The van der Waals surface area contributed by atoms with Gasteiger partial charge in [-0.05, 0) is 29.8 Å². The summed E-state index contributed by atoms with van der Waals surface area (Å²) in [5.74, 6) is -0.959. The van der Waals surface area contributed by atoms with Crippen molar-refractivity contribution in [3.63, 3.8) is 0 Å². The second kappa shape index (κ2) is 10.2. The first kappa shape index (κ1) is 22.5. The van der Waals surface area contributed by atoms with Crippen molar-refractivity contribution in [1.82, 2.24) is 9.55 Å². The number of hydrogen-bond acceptors (Lipinski definition) is 5. The Balaban J connectivity index is 1.76. The number of imidazole rings is 1. The maximum Gasteiger partial charge on any atom is 0.336 e. The Kier molecular flexibility index (Phi) is 7.41. The molecule has 162 valence electrons. The number of carboxylic acid groups (broad SMARTS) is 1. The number of carbonyl (C=O) groups is 2. The number of aliphatic hydroxyl groups excluding tert-OH is 1. The Morgan fingerprint density at radius 3 is 2.42 bits per heavy atom. The fourth-order valence-electron chi connectivity index (χ4n) is 3.17. The maximum atomic E-state index is 12.5. The van der Waals surface area contributed by atoms with E-state index in [0.717, 1.165) is 5.56 Å². The number of anilines is 1. The summed E-state index contributed by atoms with van der Waals surface area (Å²) in [6, 6.07) is 13.1. The number of rotatable bonds is 9. The Morgan fingerprint density at radius 1 is 1.13 bits per heavy atom. The molecule has 1 aromatic heterocycles. The number of carboxylic acids is 1. The van der Waals surface area contributed by atoms with Crippen LogP contribution >= 0.6 is 11.6 Å². The van der Waals surface area contributed by atoms with Crippen molar-refractivity contribution < 1.29 is 24.5 Å². The lowest BCUT2D eigenvalue weighted by atomic mass is 10.1. The van der Waals surface area contributed by atoms with E-state index in [1.54, 1.807) is 31.4 Å². The summed E-state index contributed by atoms with van der Waals surface area (Å²) in [6.07, 6.45) is 0.549. The van der Waals surface area contributed by atoms with Gasteiger partial charge in [0.05, 0.1) is 30.0 Å². The number of nitrogens with one attached hydrogen (secondary N) is 1. The summed E-state index contributed by atoms with van der Waals surface area (Å²) >= 11 is 6.15. The molecule has 1 amide bonds. The minimum absolute atomic E-state index is 0.0614. The molecular formula is C22H22ClN3O5. The Labute approximate surface area is 184 Å². The number of ether oxygens (including phenoxy) is 1. The van der Waals surface area contributed by atoms with Gasteiger partial charge in [-0.15, -0.1) is 0 Å². The average molecular weight is 444 g/mol. The monoisotopic (exact) mass is 443 g/mol. The van der Waals surface area contributed by atoms with Crippen LogP contribution in [0, 0.1) is 0 Å². The van der Waals surface area contributed by atoms with Gasteiger partial charge in [-0.25, -0.2) is 9.78 Å². The number of hydrogen-bond donors (Lipinski definition) is 3. The SMILES string of the molecule is COCCc1nc(Cl)c(CO)n1Cc1ccc(NC(=O)c2ccccc2C(=O)O)cc1. The molecule has 9 heteroatoms. The van der Waals surface area contributed by atoms with E-state index in [1.165, 1.54) is 12.1 Å². The summed E-state index contributed by atoms with van der Waals surface area (Å²) < 4.78 is 6.96. The van der Waals surface area contributed by atoms with Gasteiger partial charge in [-0.2, -0.15) is 0 Å². The molecule has 1 heterocycles. The van der Waals surface area contributed by atoms with Gasteiger partial charge in [0.15, 0.2) is 5.15 Å². The van der Waals surface area contributed by atoms with Gasteiger partial charge >= 0.3 is 5.97 Å². The second-order valence-electron chi connectivity index (χ2n) is 6.75. The highest BCUT2D eigenvalue weighted by atomic mass is 35.5. The maximum absolute atomic E-state index is 12.5.